The molecule has 2 N–H and O–H groups in total. The molecular formula is C9H11N5. The summed E-state index contributed by atoms with van der Waals surface area (Å²) in [5.74, 6) is 0.535. The summed E-state index contributed by atoms with van der Waals surface area (Å²) in [7, 11) is 1.78. The van der Waals surface area contributed by atoms with Crippen molar-refractivity contribution in [3.63, 3.8) is 0 Å². The van der Waals surface area contributed by atoms with Gasteiger partial charge in [0.2, 0.25) is 0 Å². The average molecular weight is 189 g/mol. The molecule has 0 aliphatic carbocycles. The molecule has 0 bridgehead atoms. The van der Waals surface area contributed by atoms with E-state index in [2.05, 4.69) is 15.2 Å². The third kappa shape index (κ3) is 1.32. The first-order valence-corrected chi connectivity index (χ1v) is 4.26. The maximum absolute atomic E-state index is 5.70. The maximum Gasteiger partial charge on any atom is 0.126 e. The molecule has 0 aromatic carbocycles. The highest BCUT2D eigenvalue weighted by Crippen LogP contribution is 2.22. The van der Waals surface area contributed by atoms with Crippen molar-refractivity contribution < 1.29 is 0 Å². The van der Waals surface area contributed by atoms with Gasteiger partial charge in [-0.05, 0) is 13.0 Å². The number of nitrogens with two attached hydrogens (primary N) is 1. The second kappa shape index (κ2) is 3.10. The van der Waals surface area contributed by atoms with E-state index in [1.165, 1.54) is 4.80 Å². The van der Waals surface area contributed by atoms with Crippen LogP contribution in [0.2, 0.25) is 0 Å². The topological polar surface area (TPSA) is 69.6 Å². The minimum Gasteiger partial charge on any atom is -0.383 e. The Morgan fingerprint density at radius 3 is 2.86 bits per heavy atom. The molecule has 0 unspecified atom stereocenters. The van der Waals surface area contributed by atoms with E-state index in [1.807, 2.05) is 13.0 Å². The Hall–Kier alpha value is -1.91. The molecule has 0 spiro atoms. The van der Waals surface area contributed by atoms with Gasteiger partial charge in [-0.25, -0.2) is 4.98 Å². The average Bonchev–Trinajstić information content (AvgIpc) is 2.57. The summed E-state index contributed by atoms with van der Waals surface area (Å²) < 4.78 is 0. The summed E-state index contributed by atoms with van der Waals surface area (Å²) in [6.07, 6.45) is 3.38. The Balaban J connectivity index is 2.57. The van der Waals surface area contributed by atoms with E-state index < -0.39 is 0 Å². The Kier molecular flexibility index (Phi) is 1.92. The highest BCUT2D eigenvalue weighted by molar-refractivity contribution is 5.66. The molecule has 2 rings (SSSR count). The monoisotopic (exact) mass is 189 g/mol. The van der Waals surface area contributed by atoms with Gasteiger partial charge in [-0.2, -0.15) is 15.0 Å². The van der Waals surface area contributed by atoms with Crippen molar-refractivity contribution in [2.75, 3.05) is 5.73 Å². The molecule has 5 nitrogen and oxygen atoms in total. The van der Waals surface area contributed by atoms with E-state index in [4.69, 9.17) is 5.73 Å². The molecule has 0 aliphatic rings. The highest BCUT2D eigenvalue weighted by Gasteiger charge is 2.07. The van der Waals surface area contributed by atoms with Crippen molar-refractivity contribution in [3.8, 4) is 11.3 Å². The predicted molar refractivity (Wildman–Crippen MR) is 53.4 cm³/mol. The summed E-state index contributed by atoms with van der Waals surface area (Å²) in [4.78, 5) is 5.51. The van der Waals surface area contributed by atoms with Crippen LogP contribution in [0.1, 0.15) is 5.56 Å². The second-order valence-corrected chi connectivity index (χ2v) is 3.09. The molecule has 0 saturated carbocycles. The normalized spacial score (nSPS) is 10.4. The molecule has 0 fully saturated rings. The van der Waals surface area contributed by atoms with E-state index in [-0.39, 0.29) is 0 Å². The number of nitrogens with zero attached hydrogens (tertiary/aromatic N) is 4. The smallest absolute Gasteiger partial charge is 0.126 e. The van der Waals surface area contributed by atoms with Crippen molar-refractivity contribution in [3.05, 3.63) is 24.0 Å². The second-order valence-electron chi connectivity index (χ2n) is 3.09. The van der Waals surface area contributed by atoms with Gasteiger partial charge in [-0.15, -0.1) is 0 Å². The maximum atomic E-state index is 5.70. The van der Waals surface area contributed by atoms with Crippen molar-refractivity contribution in [1.82, 2.24) is 20.0 Å². The van der Waals surface area contributed by atoms with Crippen LogP contribution in [0.3, 0.4) is 0 Å². The van der Waals surface area contributed by atoms with Crippen LogP contribution in [0.25, 0.3) is 11.3 Å². The van der Waals surface area contributed by atoms with Gasteiger partial charge in [-0.3, -0.25) is 0 Å². The van der Waals surface area contributed by atoms with Crippen LogP contribution in [0.15, 0.2) is 18.5 Å². The number of rotatable bonds is 1. The molecule has 2 heterocycles. The summed E-state index contributed by atoms with van der Waals surface area (Å²) >= 11 is 0. The third-order valence-corrected chi connectivity index (χ3v) is 2.12. The first-order valence-electron chi connectivity index (χ1n) is 4.26. The molecule has 0 radical (unpaired) electrons. The van der Waals surface area contributed by atoms with Crippen molar-refractivity contribution in [2.24, 2.45) is 7.05 Å². The molecular weight excluding hydrogens is 178 g/mol. The van der Waals surface area contributed by atoms with Crippen LogP contribution in [-0.2, 0) is 7.05 Å². The minimum atomic E-state index is 0.535. The molecule has 2 aromatic heterocycles. The zero-order valence-corrected chi connectivity index (χ0v) is 8.10. The van der Waals surface area contributed by atoms with Crippen LogP contribution in [-0.4, -0.2) is 20.0 Å². The van der Waals surface area contributed by atoms with Gasteiger partial charge in [0.1, 0.15) is 11.5 Å². The number of pyridine rings is 1. The Labute approximate surface area is 81.6 Å². The number of anilines is 1. The van der Waals surface area contributed by atoms with Gasteiger partial charge in [0.05, 0.1) is 6.20 Å². The van der Waals surface area contributed by atoms with Crippen molar-refractivity contribution in [1.29, 1.82) is 0 Å². The van der Waals surface area contributed by atoms with Gasteiger partial charge >= 0.3 is 0 Å². The predicted octanol–water partition coefficient (Wildman–Crippen LogP) is 0.768. The zero-order valence-electron chi connectivity index (χ0n) is 8.10. The van der Waals surface area contributed by atoms with E-state index >= 15 is 0 Å². The van der Waals surface area contributed by atoms with Gasteiger partial charge < -0.3 is 5.73 Å². The third-order valence-electron chi connectivity index (χ3n) is 2.12. The van der Waals surface area contributed by atoms with Crippen molar-refractivity contribution >= 4 is 5.82 Å². The Morgan fingerprint density at radius 2 is 2.21 bits per heavy atom. The molecule has 2 aromatic rings. The Bertz CT molecular complexity index is 460. The van der Waals surface area contributed by atoms with E-state index in [1.54, 1.807) is 19.4 Å². The number of aryl methyl sites for hydroxylation is 1. The lowest BCUT2D eigenvalue weighted by Gasteiger charge is -2.03. The Morgan fingerprint density at radius 1 is 1.43 bits per heavy atom. The zero-order chi connectivity index (χ0) is 10.1. The summed E-state index contributed by atoms with van der Waals surface area (Å²) in [6.45, 7) is 1.92. The first-order chi connectivity index (χ1) is 6.68. The number of hydrogen-bond donors (Lipinski definition) is 1. The van der Waals surface area contributed by atoms with Crippen LogP contribution in [0, 0.1) is 6.92 Å². The van der Waals surface area contributed by atoms with Crippen LogP contribution < -0.4 is 5.73 Å². The first kappa shape index (κ1) is 8.68. The van der Waals surface area contributed by atoms with Gasteiger partial charge in [0.15, 0.2) is 0 Å². The standard InChI is InChI=1S/C9H11N5/c1-6-7(3-4-11-9(6)10)8-5-12-14(2)13-8/h3-5H,1-2H3,(H2,10,11). The van der Waals surface area contributed by atoms with E-state index in [0.717, 1.165) is 16.8 Å². The fraction of sp³-hybridized carbons (Fsp3) is 0.222. The molecule has 0 atom stereocenters. The SMILES string of the molecule is Cc1c(-c2cnn(C)n2)ccnc1N. The number of nitrogen functional groups attached to an aromatic ring is 1. The van der Waals surface area contributed by atoms with Gasteiger partial charge in [0.25, 0.3) is 0 Å². The molecule has 5 heteroatoms. The quantitative estimate of drug-likeness (QED) is 0.719. The highest BCUT2D eigenvalue weighted by atomic mass is 15.4. The summed E-state index contributed by atoms with van der Waals surface area (Å²) in [5.41, 5.74) is 8.43. The summed E-state index contributed by atoms with van der Waals surface area (Å²) in [6, 6.07) is 1.88. The minimum absolute atomic E-state index is 0.535. The number of hydrogen-bond acceptors (Lipinski definition) is 4. The van der Waals surface area contributed by atoms with Gasteiger partial charge in [0, 0.05) is 24.4 Å². The number of aromatic nitrogens is 4. The lowest BCUT2D eigenvalue weighted by Crippen LogP contribution is -1.96. The fourth-order valence-corrected chi connectivity index (χ4v) is 1.30. The largest absolute Gasteiger partial charge is 0.383 e. The fourth-order valence-electron chi connectivity index (χ4n) is 1.30. The van der Waals surface area contributed by atoms with Crippen LogP contribution in [0.4, 0.5) is 5.82 Å². The molecule has 0 aliphatic heterocycles. The summed E-state index contributed by atoms with van der Waals surface area (Å²) in [5, 5.41) is 8.21. The lowest BCUT2D eigenvalue weighted by molar-refractivity contribution is 0.655. The van der Waals surface area contributed by atoms with Crippen molar-refractivity contribution in [2.45, 2.75) is 6.92 Å². The lowest BCUT2D eigenvalue weighted by atomic mass is 10.1. The molecule has 14 heavy (non-hydrogen) atoms. The molecule has 0 saturated heterocycles. The van der Waals surface area contributed by atoms with E-state index in [0.29, 0.717) is 5.82 Å². The molecule has 0 amide bonds. The van der Waals surface area contributed by atoms with Gasteiger partial charge in [-0.1, -0.05) is 0 Å². The molecule has 72 valence electrons. The van der Waals surface area contributed by atoms with Crippen LogP contribution >= 0.6 is 0 Å². The van der Waals surface area contributed by atoms with E-state index in [9.17, 15) is 0 Å². The van der Waals surface area contributed by atoms with Crippen LogP contribution in [0.5, 0.6) is 0 Å².